The third kappa shape index (κ3) is 2.53. The molecule has 0 N–H and O–H groups in total. The largest absolute Gasteiger partial charge is 0.419 e. The normalized spacial score (nSPS) is 9.89. The fraction of sp³-hybridized carbons (Fsp3) is 0.500. The maximum Gasteiger partial charge on any atom is 0.276 e. The third-order valence-corrected chi connectivity index (χ3v) is 2.75. The molecular weight excluding hydrogens is 251 g/mol. The molecule has 0 bridgehead atoms. The van der Waals surface area contributed by atoms with Gasteiger partial charge in [-0.25, -0.2) is 0 Å². The molecule has 1 aromatic heterocycles. The highest BCUT2D eigenvalue weighted by Crippen LogP contribution is 2.13. The molecule has 0 unspecified atom stereocenters. The van der Waals surface area contributed by atoms with Crippen molar-refractivity contribution in [3.63, 3.8) is 0 Å². The standard InChI is InChI=1S/C4H5IN2OS/c5-1-2-9-4-7-6-3-8-4/h3H,1-2H2. The van der Waals surface area contributed by atoms with Crippen molar-refractivity contribution >= 4 is 34.4 Å². The van der Waals surface area contributed by atoms with Gasteiger partial charge in [-0.1, -0.05) is 34.4 Å². The zero-order valence-corrected chi connectivity index (χ0v) is 7.55. The first-order valence-electron chi connectivity index (χ1n) is 2.38. The molecule has 1 rings (SSSR count). The number of halogens is 1. The summed E-state index contributed by atoms with van der Waals surface area (Å²) in [4.78, 5) is 0. The van der Waals surface area contributed by atoms with Crippen LogP contribution in [0.2, 0.25) is 0 Å². The van der Waals surface area contributed by atoms with Crippen molar-refractivity contribution in [1.82, 2.24) is 10.2 Å². The second-order valence-corrected chi connectivity index (χ2v) is 3.37. The first-order valence-corrected chi connectivity index (χ1v) is 4.89. The molecule has 5 heteroatoms. The number of hydrogen-bond acceptors (Lipinski definition) is 4. The van der Waals surface area contributed by atoms with E-state index in [0.717, 1.165) is 10.2 Å². The van der Waals surface area contributed by atoms with E-state index < -0.39 is 0 Å². The minimum atomic E-state index is 0.659. The van der Waals surface area contributed by atoms with Crippen molar-refractivity contribution in [1.29, 1.82) is 0 Å². The Kier molecular flexibility index (Phi) is 3.34. The summed E-state index contributed by atoms with van der Waals surface area (Å²) in [7, 11) is 0. The van der Waals surface area contributed by atoms with Crippen LogP contribution < -0.4 is 0 Å². The van der Waals surface area contributed by atoms with Crippen molar-refractivity contribution in [2.45, 2.75) is 5.22 Å². The van der Waals surface area contributed by atoms with E-state index in [0.29, 0.717) is 5.22 Å². The SMILES string of the molecule is ICCSc1nnco1. The summed E-state index contributed by atoms with van der Waals surface area (Å²) < 4.78 is 5.97. The lowest BCUT2D eigenvalue weighted by Gasteiger charge is -1.86. The average Bonchev–Trinajstić information content (AvgIpc) is 2.34. The molecule has 0 aliphatic carbocycles. The molecule has 0 aromatic carbocycles. The van der Waals surface area contributed by atoms with E-state index in [9.17, 15) is 0 Å². The Morgan fingerprint density at radius 3 is 3.22 bits per heavy atom. The van der Waals surface area contributed by atoms with Crippen molar-refractivity contribution in [3.05, 3.63) is 6.39 Å². The quantitative estimate of drug-likeness (QED) is 0.467. The fourth-order valence-corrected chi connectivity index (χ4v) is 1.48. The predicted molar refractivity (Wildman–Crippen MR) is 43.9 cm³/mol. The smallest absolute Gasteiger partial charge is 0.276 e. The number of aromatic nitrogens is 2. The van der Waals surface area contributed by atoms with Gasteiger partial charge < -0.3 is 4.42 Å². The van der Waals surface area contributed by atoms with Crippen LogP contribution in [0.15, 0.2) is 16.0 Å². The maximum atomic E-state index is 4.87. The Morgan fingerprint density at radius 1 is 1.78 bits per heavy atom. The summed E-state index contributed by atoms with van der Waals surface area (Å²) in [6.45, 7) is 0. The Bertz CT molecular complexity index is 156. The molecule has 0 atom stereocenters. The van der Waals surface area contributed by atoms with Gasteiger partial charge in [0.15, 0.2) is 0 Å². The Hall–Kier alpha value is 0.220. The highest BCUT2D eigenvalue weighted by atomic mass is 127. The molecular formula is C4H5IN2OS. The fourth-order valence-electron chi connectivity index (χ4n) is 0.352. The molecule has 1 aromatic rings. The Balaban J connectivity index is 2.30. The topological polar surface area (TPSA) is 38.9 Å². The second-order valence-electron chi connectivity index (χ2n) is 1.24. The van der Waals surface area contributed by atoms with Crippen molar-refractivity contribution in [3.8, 4) is 0 Å². The van der Waals surface area contributed by atoms with E-state index in [4.69, 9.17) is 4.42 Å². The Morgan fingerprint density at radius 2 is 2.67 bits per heavy atom. The van der Waals surface area contributed by atoms with Gasteiger partial charge in [-0.2, -0.15) is 0 Å². The molecule has 0 saturated carbocycles. The van der Waals surface area contributed by atoms with Crippen LogP contribution in [0.25, 0.3) is 0 Å². The van der Waals surface area contributed by atoms with Gasteiger partial charge in [-0.05, 0) is 0 Å². The predicted octanol–water partition coefficient (Wildman–Crippen LogP) is 1.60. The molecule has 3 nitrogen and oxygen atoms in total. The van der Waals surface area contributed by atoms with Gasteiger partial charge in [0.2, 0.25) is 6.39 Å². The Labute approximate surface area is 70.7 Å². The summed E-state index contributed by atoms with van der Waals surface area (Å²) in [6.07, 6.45) is 1.34. The number of rotatable bonds is 3. The summed E-state index contributed by atoms with van der Waals surface area (Å²) in [5, 5.41) is 7.89. The van der Waals surface area contributed by atoms with Crippen molar-refractivity contribution < 1.29 is 4.42 Å². The van der Waals surface area contributed by atoms with E-state index in [1.165, 1.54) is 6.39 Å². The molecule has 0 saturated heterocycles. The summed E-state index contributed by atoms with van der Waals surface area (Å²) in [6, 6.07) is 0. The summed E-state index contributed by atoms with van der Waals surface area (Å²) >= 11 is 3.88. The maximum absolute atomic E-state index is 4.87. The van der Waals surface area contributed by atoms with Gasteiger partial charge >= 0.3 is 0 Å². The van der Waals surface area contributed by atoms with E-state index in [1.807, 2.05) is 0 Å². The van der Waals surface area contributed by atoms with Crippen LogP contribution in [-0.4, -0.2) is 20.4 Å². The zero-order valence-electron chi connectivity index (χ0n) is 4.58. The molecule has 9 heavy (non-hydrogen) atoms. The first kappa shape index (κ1) is 7.33. The summed E-state index contributed by atoms with van der Waals surface area (Å²) in [5.74, 6) is 1.03. The molecule has 0 radical (unpaired) electrons. The molecule has 0 amide bonds. The van der Waals surface area contributed by atoms with Crippen LogP contribution in [-0.2, 0) is 0 Å². The van der Waals surface area contributed by atoms with Gasteiger partial charge in [-0.15, -0.1) is 10.2 Å². The molecule has 0 spiro atoms. The highest BCUT2D eigenvalue weighted by molar-refractivity contribution is 14.1. The minimum absolute atomic E-state index is 0.659. The van der Waals surface area contributed by atoms with E-state index in [-0.39, 0.29) is 0 Å². The number of alkyl halides is 1. The van der Waals surface area contributed by atoms with Crippen LogP contribution in [0.3, 0.4) is 0 Å². The lowest BCUT2D eigenvalue weighted by molar-refractivity contribution is 0.453. The number of hydrogen-bond donors (Lipinski definition) is 0. The van der Waals surface area contributed by atoms with Gasteiger partial charge in [0.05, 0.1) is 0 Å². The average molecular weight is 256 g/mol. The lowest BCUT2D eigenvalue weighted by atomic mass is 11.0. The van der Waals surface area contributed by atoms with E-state index in [2.05, 4.69) is 32.8 Å². The third-order valence-electron chi connectivity index (χ3n) is 0.643. The second kappa shape index (κ2) is 4.10. The van der Waals surface area contributed by atoms with Crippen LogP contribution >= 0.6 is 34.4 Å². The molecule has 1 heterocycles. The van der Waals surface area contributed by atoms with Crippen LogP contribution in [0, 0.1) is 0 Å². The van der Waals surface area contributed by atoms with E-state index >= 15 is 0 Å². The zero-order chi connectivity index (χ0) is 6.53. The first-order chi connectivity index (χ1) is 4.43. The van der Waals surface area contributed by atoms with Crippen LogP contribution in [0.5, 0.6) is 0 Å². The minimum Gasteiger partial charge on any atom is -0.419 e. The van der Waals surface area contributed by atoms with Gasteiger partial charge in [-0.3, -0.25) is 0 Å². The van der Waals surface area contributed by atoms with E-state index in [1.54, 1.807) is 11.8 Å². The number of thioether (sulfide) groups is 1. The number of nitrogens with zero attached hydrogens (tertiary/aromatic N) is 2. The van der Waals surface area contributed by atoms with Gasteiger partial charge in [0.1, 0.15) is 0 Å². The lowest BCUT2D eigenvalue weighted by Crippen LogP contribution is -1.77. The van der Waals surface area contributed by atoms with Crippen LogP contribution in [0.1, 0.15) is 0 Å². The molecule has 0 fully saturated rings. The highest BCUT2D eigenvalue weighted by Gasteiger charge is 1.95. The molecule has 0 aliphatic heterocycles. The van der Waals surface area contributed by atoms with Crippen LogP contribution in [0.4, 0.5) is 0 Å². The monoisotopic (exact) mass is 256 g/mol. The van der Waals surface area contributed by atoms with Crippen molar-refractivity contribution in [2.75, 3.05) is 10.2 Å². The molecule has 50 valence electrons. The summed E-state index contributed by atoms with van der Waals surface area (Å²) in [5.41, 5.74) is 0. The van der Waals surface area contributed by atoms with Gasteiger partial charge in [0.25, 0.3) is 5.22 Å². The molecule has 0 aliphatic rings. The van der Waals surface area contributed by atoms with Gasteiger partial charge in [0, 0.05) is 10.2 Å². The van der Waals surface area contributed by atoms with Crippen molar-refractivity contribution in [2.24, 2.45) is 0 Å².